The molecule has 3 aromatic rings. The van der Waals surface area contributed by atoms with Crippen LogP contribution in [0, 0.1) is 6.92 Å². The van der Waals surface area contributed by atoms with Crippen LogP contribution in [0.15, 0.2) is 36.7 Å². The lowest BCUT2D eigenvalue weighted by Crippen LogP contribution is -2.57. The first-order chi connectivity index (χ1) is 14.6. The van der Waals surface area contributed by atoms with Gasteiger partial charge in [-0.2, -0.15) is 5.10 Å². The van der Waals surface area contributed by atoms with Crippen LogP contribution in [0.4, 0.5) is 5.82 Å². The molecule has 1 amide bonds. The Balaban J connectivity index is 1.53. The molecule has 1 fully saturated rings. The predicted octanol–water partition coefficient (Wildman–Crippen LogP) is 2.04. The van der Waals surface area contributed by atoms with Gasteiger partial charge in [0, 0.05) is 51.4 Å². The van der Waals surface area contributed by atoms with E-state index in [2.05, 4.69) is 34.4 Å². The molecule has 1 atom stereocenters. The normalized spacial score (nSPS) is 19.7. The molecule has 2 aromatic heterocycles. The summed E-state index contributed by atoms with van der Waals surface area (Å²) in [6.07, 6.45) is 3.79. The molecule has 30 heavy (non-hydrogen) atoms. The smallest absolute Gasteiger partial charge is 0.219 e. The monoisotopic (exact) mass is 406 g/mol. The third kappa shape index (κ3) is 3.47. The van der Waals surface area contributed by atoms with Crippen molar-refractivity contribution in [1.29, 1.82) is 0 Å². The van der Waals surface area contributed by atoms with Crippen molar-refractivity contribution in [3.05, 3.63) is 42.2 Å². The number of nitrogens with zero attached hydrogens (tertiary/aromatic N) is 5. The van der Waals surface area contributed by atoms with E-state index in [1.54, 1.807) is 11.4 Å². The van der Waals surface area contributed by atoms with Gasteiger partial charge < -0.3 is 15.0 Å². The average molecular weight is 406 g/mol. The second-order valence-corrected chi connectivity index (χ2v) is 8.01. The number of aromatic nitrogens is 3. The van der Waals surface area contributed by atoms with E-state index < -0.39 is 0 Å². The van der Waals surface area contributed by atoms with Gasteiger partial charge in [0.05, 0.1) is 12.2 Å². The molecule has 8 nitrogen and oxygen atoms in total. The maximum absolute atomic E-state index is 11.9. The maximum Gasteiger partial charge on any atom is 0.219 e. The fourth-order valence-corrected chi connectivity index (χ4v) is 4.29. The van der Waals surface area contributed by atoms with Crippen LogP contribution in [0.25, 0.3) is 16.8 Å². The lowest BCUT2D eigenvalue weighted by atomic mass is 10.0. The first-order valence-corrected chi connectivity index (χ1v) is 10.4. The molecule has 2 aliphatic heterocycles. The minimum atomic E-state index is 0.121. The summed E-state index contributed by atoms with van der Waals surface area (Å²) in [5, 5.41) is 7.92. The van der Waals surface area contributed by atoms with E-state index in [-0.39, 0.29) is 11.9 Å². The number of carbonyl (C=O) groups is 1. The van der Waals surface area contributed by atoms with Crippen LogP contribution in [0.2, 0.25) is 0 Å². The zero-order valence-electron chi connectivity index (χ0n) is 17.3. The number of carbonyl (C=O) groups excluding carboxylic acids is 1. The van der Waals surface area contributed by atoms with Crippen LogP contribution < -0.4 is 10.1 Å². The van der Waals surface area contributed by atoms with Crippen molar-refractivity contribution >= 4 is 17.4 Å². The summed E-state index contributed by atoms with van der Waals surface area (Å²) in [7, 11) is 0. The minimum absolute atomic E-state index is 0.121. The van der Waals surface area contributed by atoms with E-state index in [0.29, 0.717) is 13.2 Å². The molecule has 0 aliphatic carbocycles. The standard InChI is InChI=1S/C22H26N6O2/c1-15-3-4-18-11-19(15)20-12-24-28-7-5-21(25-22(20)28)23-6-8-26-9-10-27(16(2)29)13-17(26)14-30-18/h3-5,7,11-12,17H,6,8-10,13-14H2,1-2H3,(H,23,25)/t17-/m1/s1. The number of hydrogen-bond donors (Lipinski definition) is 1. The number of hydrogen-bond acceptors (Lipinski definition) is 6. The number of ether oxygens (including phenoxy) is 1. The number of fused-ring (bicyclic) bond motifs is 5. The first kappa shape index (κ1) is 18.9. The molecule has 5 rings (SSSR count). The summed E-state index contributed by atoms with van der Waals surface area (Å²) >= 11 is 0. The lowest BCUT2D eigenvalue weighted by Gasteiger charge is -2.41. The summed E-state index contributed by atoms with van der Waals surface area (Å²) in [4.78, 5) is 21.0. The molecular weight excluding hydrogens is 380 g/mol. The van der Waals surface area contributed by atoms with Crippen LogP contribution in [-0.4, -0.2) is 75.7 Å². The van der Waals surface area contributed by atoms with E-state index in [4.69, 9.17) is 9.72 Å². The van der Waals surface area contributed by atoms with Crippen molar-refractivity contribution in [2.45, 2.75) is 19.9 Å². The van der Waals surface area contributed by atoms with Gasteiger partial charge in [0.15, 0.2) is 5.65 Å². The van der Waals surface area contributed by atoms with Gasteiger partial charge in [0.2, 0.25) is 5.91 Å². The van der Waals surface area contributed by atoms with Crippen molar-refractivity contribution in [3.63, 3.8) is 0 Å². The summed E-state index contributed by atoms with van der Waals surface area (Å²) in [6, 6.07) is 8.25. The van der Waals surface area contributed by atoms with Crippen LogP contribution in [0.3, 0.4) is 0 Å². The predicted molar refractivity (Wildman–Crippen MR) is 115 cm³/mol. The first-order valence-electron chi connectivity index (χ1n) is 10.4. The third-order valence-corrected chi connectivity index (χ3v) is 6.07. The number of rotatable bonds is 0. The van der Waals surface area contributed by atoms with Gasteiger partial charge in [-0.3, -0.25) is 9.69 Å². The highest BCUT2D eigenvalue weighted by Crippen LogP contribution is 2.31. The zero-order valence-corrected chi connectivity index (χ0v) is 17.3. The molecule has 4 bridgehead atoms. The Morgan fingerprint density at radius 2 is 2.10 bits per heavy atom. The largest absolute Gasteiger partial charge is 0.492 e. The minimum Gasteiger partial charge on any atom is -0.492 e. The van der Waals surface area contributed by atoms with Gasteiger partial charge in [-0.05, 0) is 36.2 Å². The fourth-order valence-electron chi connectivity index (χ4n) is 4.29. The van der Waals surface area contributed by atoms with Crippen molar-refractivity contribution in [2.24, 2.45) is 0 Å². The van der Waals surface area contributed by atoms with E-state index in [1.807, 2.05) is 29.4 Å². The number of nitrogens with one attached hydrogen (secondary N) is 1. The molecule has 0 unspecified atom stereocenters. The Labute approximate surface area is 175 Å². The Hall–Kier alpha value is -3.13. The number of anilines is 1. The van der Waals surface area contributed by atoms with Gasteiger partial charge in [-0.15, -0.1) is 0 Å². The van der Waals surface area contributed by atoms with E-state index >= 15 is 0 Å². The molecule has 0 spiro atoms. The fraction of sp³-hybridized carbons (Fsp3) is 0.409. The quantitative estimate of drug-likeness (QED) is 0.616. The summed E-state index contributed by atoms with van der Waals surface area (Å²) < 4.78 is 8.03. The molecule has 1 saturated heterocycles. The number of piperazine rings is 1. The molecular formula is C22H26N6O2. The SMILES string of the molecule is CC(=O)N1CCN2CCNc3ccn4ncc(c4n3)-c3cc(ccc3C)OC[C@H]2C1. The Morgan fingerprint density at radius 3 is 2.97 bits per heavy atom. The summed E-state index contributed by atoms with van der Waals surface area (Å²) in [5.74, 6) is 1.78. The van der Waals surface area contributed by atoms with Crippen LogP contribution in [-0.2, 0) is 4.79 Å². The molecule has 156 valence electrons. The van der Waals surface area contributed by atoms with Gasteiger partial charge in [0.25, 0.3) is 0 Å². The Kier molecular flexibility index (Phi) is 4.78. The van der Waals surface area contributed by atoms with Crippen molar-refractivity contribution in [3.8, 4) is 16.9 Å². The third-order valence-electron chi connectivity index (χ3n) is 6.07. The highest BCUT2D eigenvalue weighted by atomic mass is 16.5. The highest BCUT2D eigenvalue weighted by Gasteiger charge is 2.28. The Morgan fingerprint density at radius 1 is 1.20 bits per heavy atom. The van der Waals surface area contributed by atoms with E-state index in [9.17, 15) is 4.79 Å². The highest BCUT2D eigenvalue weighted by molar-refractivity contribution is 5.80. The summed E-state index contributed by atoms with van der Waals surface area (Å²) in [6.45, 7) is 8.17. The molecule has 0 radical (unpaired) electrons. The second-order valence-electron chi connectivity index (χ2n) is 8.01. The molecule has 0 saturated carbocycles. The molecule has 8 heteroatoms. The second kappa shape index (κ2) is 7.60. The van der Waals surface area contributed by atoms with Crippen LogP contribution in [0.5, 0.6) is 5.75 Å². The van der Waals surface area contributed by atoms with Crippen LogP contribution >= 0.6 is 0 Å². The average Bonchev–Trinajstić information content (AvgIpc) is 3.16. The number of benzene rings is 1. The Bertz CT molecular complexity index is 1090. The van der Waals surface area contributed by atoms with Crippen molar-refractivity contribution in [1.82, 2.24) is 24.4 Å². The van der Waals surface area contributed by atoms with Crippen molar-refractivity contribution in [2.75, 3.05) is 44.6 Å². The van der Waals surface area contributed by atoms with Gasteiger partial charge in [0.1, 0.15) is 18.2 Å². The maximum atomic E-state index is 11.9. The molecule has 4 heterocycles. The summed E-state index contributed by atoms with van der Waals surface area (Å²) in [5.41, 5.74) is 4.02. The molecule has 2 aliphatic rings. The van der Waals surface area contributed by atoms with Gasteiger partial charge in [-0.1, -0.05) is 6.07 Å². The molecule has 1 aromatic carbocycles. The van der Waals surface area contributed by atoms with Crippen LogP contribution in [0.1, 0.15) is 12.5 Å². The van der Waals surface area contributed by atoms with Gasteiger partial charge in [-0.25, -0.2) is 9.50 Å². The zero-order chi connectivity index (χ0) is 20.7. The lowest BCUT2D eigenvalue weighted by molar-refractivity contribution is -0.132. The molecule has 1 N–H and O–H groups in total. The van der Waals surface area contributed by atoms with Crippen molar-refractivity contribution < 1.29 is 9.53 Å². The topological polar surface area (TPSA) is 75.0 Å². The van der Waals surface area contributed by atoms with Gasteiger partial charge >= 0.3 is 0 Å². The van der Waals surface area contributed by atoms with E-state index in [1.165, 1.54) is 0 Å². The number of aryl methyl sites for hydroxylation is 1. The number of amides is 1. The van der Waals surface area contributed by atoms with E-state index in [0.717, 1.165) is 60.1 Å².